The Morgan fingerprint density at radius 2 is 0.727 bits per heavy atom. The zero-order valence-corrected chi connectivity index (χ0v) is 19.5. The summed E-state index contributed by atoms with van der Waals surface area (Å²) in [5, 5.41) is 0. The molecular formula is C12H28O4P2S4. The molecular weight excluding hydrogens is 398 g/mol. The van der Waals surface area contributed by atoms with Crippen LogP contribution < -0.4 is 0 Å². The molecule has 0 saturated carbocycles. The molecule has 0 aromatic rings. The molecule has 0 amide bonds. The topological polar surface area (TPSA) is 36.9 Å². The molecule has 0 unspecified atom stereocenters. The van der Waals surface area contributed by atoms with E-state index in [4.69, 9.17) is 41.7 Å². The lowest BCUT2D eigenvalue weighted by Gasteiger charge is -2.29. The van der Waals surface area contributed by atoms with Gasteiger partial charge in [-0.1, -0.05) is 0 Å². The maximum absolute atomic E-state index is 5.86. The van der Waals surface area contributed by atoms with Crippen LogP contribution in [0.15, 0.2) is 0 Å². The molecule has 0 aromatic heterocycles. The largest absolute Gasteiger partial charge is 0.318 e. The van der Waals surface area contributed by atoms with E-state index in [2.05, 4.69) is 0 Å². The Hall–Kier alpha value is 1.84. The van der Waals surface area contributed by atoms with Crippen molar-refractivity contribution >= 4 is 55.8 Å². The van der Waals surface area contributed by atoms with E-state index in [-0.39, 0.29) is 24.4 Å². The molecule has 0 saturated heterocycles. The molecule has 0 bridgehead atoms. The van der Waals surface area contributed by atoms with Gasteiger partial charge in [-0.25, -0.2) is 0 Å². The maximum atomic E-state index is 5.86. The van der Waals surface area contributed by atoms with Gasteiger partial charge < -0.3 is 18.1 Å². The lowest BCUT2D eigenvalue weighted by molar-refractivity contribution is 0.185. The second kappa shape index (κ2) is 10.7. The van der Waals surface area contributed by atoms with E-state index in [0.717, 1.165) is 0 Å². The molecule has 0 fully saturated rings. The van der Waals surface area contributed by atoms with Crippen molar-refractivity contribution in [3.63, 3.8) is 0 Å². The molecule has 134 valence electrons. The fourth-order valence-electron chi connectivity index (χ4n) is 1.23. The molecule has 0 rings (SSSR count). The summed E-state index contributed by atoms with van der Waals surface area (Å²) in [7, 11) is 2.73. The third kappa shape index (κ3) is 11.4. The third-order valence-corrected chi connectivity index (χ3v) is 17.1. The van der Waals surface area contributed by atoms with Crippen LogP contribution in [-0.2, 0) is 41.7 Å². The van der Waals surface area contributed by atoms with Crippen LogP contribution in [0.4, 0.5) is 0 Å². The first-order chi connectivity index (χ1) is 9.87. The van der Waals surface area contributed by atoms with Crippen molar-refractivity contribution in [3.05, 3.63) is 0 Å². The van der Waals surface area contributed by atoms with Gasteiger partial charge in [-0.15, -0.1) is 0 Å². The summed E-state index contributed by atoms with van der Waals surface area (Å²) in [4.78, 5) is 0. The van der Waals surface area contributed by atoms with Gasteiger partial charge in [0.1, 0.15) is 0 Å². The highest BCUT2D eigenvalue weighted by Gasteiger charge is 2.31. The van der Waals surface area contributed by atoms with Gasteiger partial charge in [0, 0.05) is 20.8 Å². The molecule has 0 aliphatic rings. The van der Waals surface area contributed by atoms with Gasteiger partial charge in [0.2, 0.25) is 0 Å². The summed E-state index contributed by atoms with van der Waals surface area (Å²) < 4.78 is 23.4. The van der Waals surface area contributed by atoms with Crippen LogP contribution in [-0.4, -0.2) is 24.4 Å². The first-order valence-electron chi connectivity index (χ1n) is 7.19. The van der Waals surface area contributed by atoms with Gasteiger partial charge in [0.15, 0.2) is 0 Å². The smallest absolute Gasteiger partial charge is 0.258 e. The minimum Gasteiger partial charge on any atom is -0.318 e. The van der Waals surface area contributed by atoms with E-state index in [1.807, 2.05) is 55.4 Å². The Bertz CT molecular complexity index is 350. The molecule has 0 N–H and O–H groups in total. The predicted molar refractivity (Wildman–Crippen MR) is 109 cm³/mol. The van der Waals surface area contributed by atoms with Crippen molar-refractivity contribution in [1.29, 1.82) is 0 Å². The summed E-state index contributed by atoms with van der Waals surface area (Å²) >= 11 is 11.2. The van der Waals surface area contributed by atoms with Crippen LogP contribution in [0.3, 0.4) is 0 Å². The van der Waals surface area contributed by atoms with Crippen LogP contribution in [0.2, 0.25) is 0 Å². The van der Waals surface area contributed by atoms with E-state index in [9.17, 15) is 0 Å². The van der Waals surface area contributed by atoms with E-state index < -0.39 is 11.4 Å². The second-order valence-electron chi connectivity index (χ2n) is 5.66. The van der Waals surface area contributed by atoms with Crippen molar-refractivity contribution in [2.45, 2.75) is 79.8 Å². The van der Waals surface area contributed by atoms with Crippen LogP contribution in [0.5, 0.6) is 0 Å². The first kappa shape index (κ1) is 23.8. The fourth-order valence-corrected chi connectivity index (χ4v) is 20.3. The summed E-state index contributed by atoms with van der Waals surface area (Å²) in [6.45, 7) is 15.6. The lowest BCUT2D eigenvalue weighted by atomic mass is 10.5. The van der Waals surface area contributed by atoms with Crippen molar-refractivity contribution < 1.29 is 18.1 Å². The Morgan fingerprint density at radius 1 is 0.545 bits per heavy atom. The Balaban J connectivity index is 5.02. The summed E-state index contributed by atoms with van der Waals surface area (Å²) in [5.74, 6) is 0. The van der Waals surface area contributed by atoms with E-state index in [1.165, 1.54) is 20.8 Å². The number of hydrogen-bond acceptors (Lipinski definition) is 8. The van der Waals surface area contributed by atoms with E-state index in [0.29, 0.717) is 0 Å². The van der Waals surface area contributed by atoms with Crippen LogP contribution >= 0.6 is 32.2 Å². The number of rotatable bonds is 11. The summed E-state index contributed by atoms with van der Waals surface area (Å²) in [5.41, 5.74) is -5.00. The SMILES string of the molecule is CC(C)OP(=S)(OC(C)C)SSP(=S)(OC(C)C)OC(C)C. The molecule has 4 nitrogen and oxygen atoms in total. The third-order valence-electron chi connectivity index (χ3n) is 1.58. The van der Waals surface area contributed by atoms with E-state index in [1.54, 1.807) is 0 Å². The van der Waals surface area contributed by atoms with Crippen molar-refractivity contribution in [2.24, 2.45) is 0 Å². The Labute approximate surface area is 153 Å². The Kier molecular flexibility index (Phi) is 11.6. The van der Waals surface area contributed by atoms with Crippen molar-refractivity contribution in [1.82, 2.24) is 0 Å². The van der Waals surface area contributed by atoms with E-state index >= 15 is 0 Å². The molecule has 0 aliphatic heterocycles. The minimum atomic E-state index is -2.50. The van der Waals surface area contributed by atoms with Crippen LogP contribution in [0, 0.1) is 0 Å². The van der Waals surface area contributed by atoms with Gasteiger partial charge in [0.25, 0.3) is 11.4 Å². The molecule has 0 radical (unpaired) electrons. The monoisotopic (exact) mass is 426 g/mol. The molecule has 0 spiro atoms. The van der Waals surface area contributed by atoms with Gasteiger partial charge in [-0.05, 0) is 79.0 Å². The molecule has 0 heterocycles. The highest BCUT2D eigenvalue weighted by atomic mass is 33.5. The first-order valence-corrected chi connectivity index (χ1v) is 15.8. The zero-order valence-electron chi connectivity index (χ0n) is 14.5. The lowest BCUT2D eigenvalue weighted by Crippen LogP contribution is -2.06. The summed E-state index contributed by atoms with van der Waals surface area (Å²) in [6, 6.07) is 0. The quantitative estimate of drug-likeness (QED) is 0.273. The normalized spacial score (nSPS) is 13.8. The average Bonchev–Trinajstić information content (AvgIpc) is 2.21. The van der Waals surface area contributed by atoms with Gasteiger partial charge in [0.05, 0.1) is 24.4 Å². The molecule has 22 heavy (non-hydrogen) atoms. The zero-order chi connectivity index (χ0) is 17.6. The highest BCUT2D eigenvalue weighted by molar-refractivity contribution is 9.17. The molecule has 0 aliphatic carbocycles. The average molecular weight is 427 g/mol. The summed E-state index contributed by atoms with van der Waals surface area (Å²) in [6.07, 6.45) is -0.0275. The highest BCUT2D eigenvalue weighted by Crippen LogP contribution is 2.78. The molecule has 10 heteroatoms. The van der Waals surface area contributed by atoms with Gasteiger partial charge >= 0.3 is 0 Å². The maximum Gasteiger partial charge on any atom is 0.258 e. The van der Waals surface area contributed by atoms with Crippen molar-refractivity contribution in [3.8, 4) is 0 Å². The minimum absolute atomic E-state index is 0.00688. The fraction of sp³-hybridized carbons (Fsp3) is 1.00. The Morgan fingerprint density at radius 3 is 0.864 bits per heavy atom. The number of hydrogen-bond donors (Lipinski definition) is 0. The predicted octanol–water partition coefficient (Wildman–Crippen LogP) is 6.52. The standard InChI is InChI=1S/C12H28O4P2S4/c1-9(2)13-17(19,14-10(3)4)21-22-18(20,15-11(5)6)16-12(7)8/h9-12H,1-8H3. The van der Waals surface area contributed by atoms with Gasteiger partial charge in [-0.3, -0.25) is 0 Å². The second-order valence-corrected chi connectivity index (χ2v) is 19.3. The molecule has 0 atom stereocenters. The molecule has 0 aromatic carbocycles. The van der Waals surface area contributed by atoms with Crippen LogP contribution in [0.25, 0.3) is 0 Å². The van der Waals surface area contributed by atoms with Gasteiger partial charge in [-0.2, -0.15) is 0 Å². The van der Waals surface area contributed by atoms with Crippen LogP contribution in [0.1, 0.15) is 55.4 Å². The van der Waals surface area contributed by atoms with Crippen molar-refractivity contribution in [2.75, 3.05) is 0 Å².